The lowest BCUT2D eigenvalue weighted by atomic mass is 9.53. The third kappa shape index (κ3) is 4.90. The maximum Gasteiger partial charge on any atom is 0.261 e. The zero-order valence-corrected chi connectivity index (χ0v) is 21.5. The van der Waals surface area contributed by atoms with Gasteiger partial charge in [0.2, 0.25) is 10.0 Å². The molecule has 6 nitrogen and oxygen atoms in total. The summed E-state index contributed by atoms with van der Waals surface area (Å²) in [5.74, 6) is 2.42. The van der Waals surface area contributed by atoms with Gasteiger partial charge in [0.05, 0.1) is 9.79 Å². The van der Waals surface area contributed by atoms with Crippen molar-refractivity contribution in [3.8, 4) is 0 Å². The molecule has 0 heterocycles. The van der Waals surface area contributed by atoms with Crippen molar-refractivity contribution >= 4 is 25.7 Å². The summed E-state index contributed by atoms with van der Waals surface area (Å²) in [6, 6.07) is 12.9. The smallest absolute Gasteiger partial charge is 0.261 e. The number of rotatable bonds is 8. The lowest BCUT2D eigenvalue weighted by Gasteiger charge is -2.56. The van der Waals surface area contributed by atoms with Crippen molar-refractivity contribution < 1.29 is 16.8 Å². The molecular weight excluding hydrogens is 468 g/mol. The number of hydrogen-bond acceptors (Lipinski definition) is 4. The highest BCUT2D eigenvalue weighted by atomic mass is 32.2. The van der Waals surface area contributed by atoms with E-state index in [1.807, 2.05) is 12.1 Å². The molecule has 184 valence electrons. The fourth-order valence-corrected chi connectivity index (χ4v) is 9.26. The first-order valence-corrected chi connectivity index (χ1v) is 15.2. The van der Waals surface area contributed by atoms with Gasteiger partial charge in [-0.1, -0.05) is 26.0 Å². The average molecular weight is 503 g/mol. The Labute approximate surface area is 203 Å². The van der Waals surface area contributed by atoms with Gasteiger partial charge in [0, 0.05) is 11.2 Å². The molecule has 0 amide bonds. The number of hydrogen-bond donors (Lipinski definition) is 2. The Morgan fingerprint density at radius 3 is 1.74 bits per heavy atom. The van der Waals surface area contributed by atoms with Gasteiger partial charge >= 0.3 is 0 Å². The number of nitrogens with one attached hydrogen (secondary N) is 2. The van der Waals surface area contributed by atoms with E-state index in [9.17, 15) is 16.8 Å². The molecule has 8 heteroatoms. The molecule has 4 aliphatic carbocycles. The second-order valence-electron chi connectivity index (χ2n) is 11.2. The summed E-state index contributed by atoms with van der Waals surface area (Å²) < 4.78 is 57.6. The third-order valence-electron chi connectivity index (χ3n) is 7.68. The van der Waals surface area contributed by atoms with Crippen LogP contribution in [0.4, 0.5) is 5.69 Å². The second kappa shape index (κ2) is 8.64. The first-order chi connectivity index (χ1) is 16.0. The molecule has 34 heavy (non-hydrogen) atoms. The van der Waals surface area contributed by atoms with Crippen LogP contribution >= 0.6 is 0 Å². The van der Waals surface area contributed by atoms with Gasteiger partial charge in [-0.15, -0.1) is 0 Å². The Balaban J connectivity index is 1.28. The molecule has 4 saturated carbocycles. The molecule has 0 unspecified atom stereocenters. The van der Waals surface area contributed by atoms with E-state index in [4.69, 9.17) is 0 Å². The third-order valence-corrected chi connectivity index (χ3v) is 10.7. The van der Waals surface area contributed by atoms with Crippen molar-refractivity contribution in [2.24, 2.45) is 23.7 Å². The molecule has 2 aromatic carbocycles. The Bertz CT molecular complexity index is 1220. The predicted molar refractivity (Wildman–Crippen MR) is 133 cm³/mol. The minimum Gasteiger partial charge on any atom is -0.280 e. The predicted octanol–water partition coefficient (Wildman–Crippen LogP) is 4.93. The molecule has 0 aliphatic heterocycles. The van der Waals surface area contributed by atoms with Crippen molar-refractivity contribution in [1.82, 2.24) is 4.72 Å². The summed E-state index contributed by atoms with van der Waals surface area (Å²) in [6.45, 7) is 4.24. The molecule has 0 radical (unpaired) electrons. The zero-order chi connectivity index (χ0) is 24.1. The molecular formula is C26H34N2O4S2. The molecule has 0 spiro atoms. The minimum absolute atomic E-state index is 0.171. The molecule has 0 atom stereocenters. The van der Waals surface area contributed by atoms with Gasteiger partial charge in [0.25, 0.3) is 10.0 Å². The van der Waals surface area contributed by atoms with E-state index < -0.39 is 20.0 Å². The van der Waals surface area contributed by atoms with Crippen LogP contribution in [-0.4, -0.2) is 22.4 Å². The summed E-state index contributed by atoms with van der Waals surface area (Å²) >= 11 is 0. The van der Waals surface area contributed by atoms with Crippen LogP contribution in [0.15, 0.2) is 58.3 Å². The molecule has 4 fully saturated rings. The van der Waals surface area contributed by atoms with Crippen molar-refractivity contribution in [2.75, 3.05) is 4.72 Å². The Morgan fingerprint density at radius 2 is 1.24 bits per heavy atom. The molecule has 0 saturated heterocycles. The van der Waals surface area contributed by atoms with E-state index in [1.54, 1.807) is 12.1 Å². The molecule has 6 rings (SSSR count). The Morgan fingerprint density at radius 1 is 0.765 bits per heavy atom. The molecule has 2 aromatic rings. The topological polar surface area (TPSA) is 92.3 Å². The highest BCUT2D eigenvalue weighted by molar-refractivity contribution is 7.92. The number of sulfonamides is 2. The van der Waals surface area contributed by atoms with Crippen LogP contribution in [0.5, 0.6) is 0 Å². The first kappa shape index (κ1) is 23.8. The standard InChI is InChI=1S/C26H34N2O4S2/c1-18(2)11-19-3-7-24(8-4-19)33(29,30)27-23-5-9-25(10-6-23)34(31,32)28-26-15-20-12-21(16-26)14-22(13-20)17-26/h3-10,18,20-22,27-28H,11-17H2,1-2H3. The van der Waals surface area contributed by atoms with Gasteiger partial charge < -0.3 is 0 Å². The van der Waals surface area contributed by atoms with Crippen molar-refractivity contribution in [3.63, 3.8) is 0 Å². The fourth-order valence-electron chi connectivity index (χ4n) is 6.77. The SMILES string of the molecule is CC(C)Cc1ccc(S(=O)(=O)Nc2ccc(S(=O)(=O)NC34CC5CC(CC(C5)C3)C4)cc2)cc1. The van der Waals surface area contributed by atoms with Gasteiger partial charge in [-0.2, -0.15) is 0 Å². The van der Waals surface area contributed by atoms with E-state index in [-0.39, 0.29) is 15.3 Å². The van der Waals surface area contributed by atoms with Gasteiger partial charge in [-0.25, -0.2) is 21.6 Å². The second-order valence-corrected chi connectivity index (χ2v) is 14.5. The highest BCUT2D eigenvalue weighted by Crippen LogP contribution is 2.56. The summed E-state index contributed by atoms with van der Waals surface area (Å²) in [5, 5.41) is 0. The number of benzene rings is 2. The highest BCUT2D eigenvalue weighted by Gasteiger charge is 2.52. The van der Waals surface area contributed by atoms with Gasteiger partial charge in [0.15, 0.2) is 0 Å². The summed E-state index contributed by atoms with van der Waals surface area (Å²) in [7, 11) is -7.44. The van der Waals surface area contributed by atoms with Crippen LogP contribution in [0.25, 0.3) is 0 Å². The maximum absolute atomic E-state index is 13.2. The lowest BCUT2D eigenvalue weighted by Crippen LogP contribution is -2.59. The van der Waals surface area contributed by atoms with Crippen LogP contribution in [0, 0.1) is 23.7 Å². The average Bonchev–Trinajstić information content (AvgIpc) is 2.72. The molecule has 4 bridgehead atoms. The van der Waals surface area contributed by atoms with E-state index in [0.717, 1.165) is 31.2 Å². The molecule has 4 aliphatic rings. The van der Waals surface area contributed by atoms with E-state index in [1.165, 1.54) is 43.5 Å². The number of anilines is 1. The van der Waals surface area contributed by atoms with Crippen LogP contribution in [0.1, 0.15) is 57.9 Å². The molecule has 0 aromatic heterocycles. The van der Waals surface area contributed by atoms with Gasteiger partial charge in [-0.05, 0) is 111 Å². The van der Waals surface area contributed by atoms with Crippen LogP contribution in [0.2, 0.25) is 0 Å². The van der Waals surface area contributed by atoms with Crippen molar-refractivity contribution in [1.29, 1.82) is 0 Å². The Hall–Kier alpha value is -1.90. The lowest BCUT2D eigenvalue weighted by molar-refractivity contribution is -0.00810. The van der Waals surface area contributed by atoms with Crippen LogP contribution in [-0.2, 0) is 26.5 Å². The Kier molecular flexibility index (Phi) is 6.06. The summed E-state index contributed by atoms with van der Waals surface area (Å²) in [5.41, 5.74) is 1.12. The van der Waals surface area contributed by atoms with E-state index >= 15 is 0 Å². The fraction of sp³-hybridized carbons (Fsp3) is 0.538. The van der Waals surface area contributed by atoms with Gasteiger partial charge in [0.1, 0.15) is 0 Å². The largest absolute Gasteiger partial charge is 0.280 e. The quantitative estimate of drug-likeness (QED) is 0.535. The zero-order valence-electron chi connectivity index (χ0n) is 19.8. The first-order valence-electron chi connectivity index (χ1n) is 12.3. The summed E-state index contributed by atoms with van der Waals surface area (Å²) in [4.78, 5) is 0.351. The van der Waals surface area contributed by atoms with Crippen molar-refractivity contribution in [3.05, 3.63) is 54.1 Å². The minimum atomic E-state index is -3.76. The monoisotopic (exact) mass is 502 g/mol. The van der Waals surface area contributed by atoms with Crippen LogP contribution in [0.3, 0.4) is 0 Å². The van der Waals surface area contributed by atoms with Gasteiger partial charge in [-0.3, -0.25) is 4.72 Å². The normalized spacial score (nSPS) is 28.4. The maximum atomic E-state index is 13.2. The van der Waals surface area contributed by atoms with E-state index in [0.29, 0.717) is 29.4 Å². The van der Waals surface area contributed by atoms with E-state index in [2.05, 4.69) is 23.3 Å². The van der Waals surface area contributed by atoms with Crippen LogP contribution < -0.4 is 9.44 Å². The summed E-state index contributed by atoms with van der Waals surface area (Å²) in [6.07, 6.45) is 7.44. The van der Waals surface area contributed by atoms with Crippen molar-refractivity contribution in [2.45, 2.75) is 74.1 Å². The molecule has 2 N–H and O–H groups in total.